The largest absolute Gasteiger partial charge is 0.390 e. The fourth-order valence-corrected chi connectivity index (χ4v) is 3.61. The highest BCUT2D eigenvalue weighted by atomic mass is 16.3. The smallest absolute Gasteiger partial charge is 0.0631 e. The van der Waals surface area contributed by atoms with Crippen molar-refractivity contribution in [2.45, 2.75) is 45.3 Å². The van der Waals surface area contributed by atoms with Crippen molar-refractivity contribution < 1.29 is 10.2 Å². The lowest BCUT2D eigenvalue weighted by atomic mass is 9.76. The molecule has 4 atom stereocenters. The lowest BCUT2D eigenvalue weighted by Crippen LogP contribution is -2.39. The summed E-state index contributed by atoms with van der Waals surface area (Å²) in [5.74, 6) is 1.37. The molecule has 1 fully saturated rings. The molecule has 2 bridgehead atoms. The van der Waals surface area contributed by atoms with Crippen molar-refractivity contribution in [3.63, 3.8) is 0 Å². The zero-order valence-electron chi connectivity index (χ0n) is 10.1. The average Bonchev–Trinajstić information content (AvgIpc) is 2.55. The average molecular weight is 210 g/mol. The van der Waals surface area contributed by atoms with E-state index in [9.17, 15) is 10.2 Å². The van der Waals surface area contributed by atoms with Crippen LogP contribution >= 0.6 is 0 Å². The molecule has 86 valence electrons. The normalized spacial score (nSPS) is 40.1. The Morgan fingerprint density at radius 3 is 1.93 bits per heavy atom. The Balaban J connectivity index is 2.24. The lowest BCUT2D eigenvalue weighted by molar-refractivity contribution is -0.0269. The van der Waals surface area contributed by atoms with Crippen LogP contribution in [0.15, 0.2) is 12.2 Å². The van der Waals surface area contributed by atoms with E-state index in [-0.39, 0.29) is 5.92 Å². The van der Waals surface area contributed by atoms with Crippen molar-refractivity contribution in [3.8, 4) is 0 Å². The molecule has 2 aliphatic carbocycles. The number of fused-ring (bicyclic) bond motifs is 2. The molecule has 0 aromatic rings. The molecule has 2 rings (SSSR count). The molecule has 0 aromatic heterocycles. The summed E-state index contributed by atoms with van der Waals surface area (Å²) in [4.78, 5) is 0. The number of rotatable bonds is 2. The second-order valence-corrected chi connectivity index (χ2v) is 6.30. The van der Waals surface area contributed by atoms with Gasteiger partial charge in [-0.2, -0.15) is 0 Å². The van der Waals surface area contributed by atoms with Crippen molar-refractivity contribution in [2.24, 2.45) is 23.7 Å². The van der Waals surface area contributed by atoms with E-state index in [4.69, 9.17) is 0 Å². The van der Waals surface area contributed by atoms with Gasteiger partial charge in [-0.25, -0.2) is 0 Å². The SMILES string of the molecule is CC(C)(O)C1CC2C=CC1C2C(C)(C)O. The van der Waals surface area contributed by atoms with Gasteiger partial charge in [0.2, 0.25) is 0 Å². The molecular weight excluding hydrogens is 188 g/mol. The minimum atomic E-state index is -0.640. The van der Waals surface area contributed by atoms with E-state index in [1.807, 2.05) is 27.7 Å². The van der Waals surface area contributed by atoms with Crippen molar-refractivity contribution in [2.75, 3.05) is 0 Å². The Morgan fingerprint density at radius 2 is 1.60 bits per heavy atom. The molecule has 2 nitrogen and oxygen atoms in total. The summed E-state index contributed by atoms with van der Waals surface area (Å²) in [7, 11) is 0. The Kier molecular flexibility index (Phi) is 2.29. The third-order valence-corrected chi connectivity index (χ3v) is 4.17. The first kappa shape index (κ1) is 11.2. The molecule has 2 N–H and O–H groups in total. The maximum Gasteiger partial charge on any atom is 0.0631 e. The topological polar surface area (TPSA) is 40.5 Å². The van der Waals surface area contributed by atoms with Crippen LogP contribution in [0.1, 0.15) is 34.1 Å². The maximum absolute atomic E-state index is 10.2. The Labute approximate surface area is 92.0 Å². The standard InChI is InChI=1S/C13H22O2/c1-12(2,14)10-7-8-5-6-9(10)11(8)13(3,4)15/h5-6,8-11,14-15H,7H2,1-4H3. The van der Waals surface area contributed by atoms with Crippen LogP contribution in [-0.2, 0) is 0 Å². The van der Waals surface area contributed by atoms with Crippen molar-refractivity contribution >= 4 is 0 Å². The summed E-state index contributed by atoms with van der Waals surface area (Å²) in [6.07, 6.45) is 5.42. The third kappa shape index (κ3) is 1.74. The fourth-order valence-electron chi connectivity index (χ4n) is 3.61. The van der Waals surface area contributed by atoms with E-state index < -0.39 is 11.2 Å². The molecule has 2 aliphatic rings. The van der Waals surface area contributed by atoms with Gasteiger partial charge >= 0.3 is 0 Å². The van der Waals surface area contributed by atoms with Gasteiger partial charge in [0, 0.05) is 5.92 Å². The highest BCUT2D eigenvalue weighted by molar-refractivity contribution is 5.19. The van der Waals surface area contributed by atoms with Crippen LogP contribution in [0, 0.1) is 23.7 Å². The van der Waals surface area contributed by atoms with Gasteiger partial charge in [-0.05, 0) is 51.9 Å². The lowest BCUT2D eigenvalue weighted by Gasteiger charge is -2.34. The molecule has 0 saturated heterocycles. The number of hydrogen-bond acceptors (Lipinski definition) is 2. The predicted molar refractivity (Wildman–Crippen MR) is 60.3 cm³/mol. The van der Waals surface area contributed by atoms with E-state index in [1.165, 1.54) is 0 Å². The Morgan fingerprint density at radius 1 is 1.00 bits per heavy atom. The molecule has 15 heavy (non-hydrogen) atoms. The summed E-state index contributed by atoms with van der Waals surface area (Å²) in [6.45, 7) is 7.54. The fraction of sp³-hybridized carbons (Fsp3) is 0.846. The highest BCUT2D eigenvalue weighted by Gasteiger charge is 2.54. The van der Waals surface area contributed by atoms with Crippen molar-refractivity contribution in [3.05, 3.63) is 12.2 Å². The summed E-state index contributed by atoms with van der Waals surface area (Å²) < 4.78 is 0. The highest BCUT2D eigenvalue weighted by Crippen LogP contribution is 2.55. The maximum atomic E-state index is 10.2. The first-order chi connectivity index (χ1) is 6.71. The summed E-state index contributed by atoms with van der Waals surface area (Å²) >= 11 is 0. The molecule has 0 amide bonds. The van der Waals surface area contributed by atoms with E-state index in [0.717, 1.165) is 6.42 Å². The van der Waals surface area contributed by atoms with Crippen LogP contribution in [0.2, 0.25) is 0 Å². The molecule has 0 spiro atoms. The third-order valence-electron chi connectivity index (χ3n) is 4.17. The summed E-state index contributed by atoms with van der Waals surface area (Å²) in [5, 5.41) is 20.3. The van der Waals surface area contributed by atoms with Crippen LogP contribution < -0.4 is 0 Å². The van der Waals surface area contributed by atoms with Gasteiger partial charge in [-0.15, -0.1) is 0 Å². The Hall–Kier alpha value is -0.340. The molecule has 0 heterocycles. The van der Waals surface area contributed by atoms with Crippen molar-refractivity contribution in [1.82, 2.24) is 0 Å². The van der Waals surface area contributed by atoms with Gasteiger partial charge < -0.3 is 10.2 Å². The Bertz CT molecular complexity index is 280. The van der Waals surface area contributed by atoms with Crippen LogP contribution in [0.5, 0.6) is 0 Å². The van der Waals surface area contributed by atoms with E-state index in [1.54, 1.807) is 0 Å². The minimum absolute atomic E-state index is 0.286. The zero-order valence-corrected chi connectivity index (χ0v) is 10.1. The first-order valence-electron chi connectivity index (χ1n) is 5.84. The van der Waals surface area contributed by atoms with Gasteiger partial charge in [0.25, 0.3) is 0 Å². The summed E-state index contributed by atoms with van der Waals surface area (Å²) in [5.41, 5.74) is -1.27. The van der Waals surface area contributed by atoms with Crippen LogP contribution in [0.3, 0.4) is 0 Å². The molecule has 4 unspecified atom stereocenters. The van der Waals surface area contributed by atoms with E-state index in [2.05, 4.69) is 12.2 Å². The monoisotopic (exact) mass is 210 g/mol. The minimum Gasteiger partial charge on any atom is -0.390 e. The van der Waals surface area contributed by atoms with Gasteiger partial charge in [-0.1, -0.05) is 12.2 Å². The second kappa shape index (κ2) is 3.08. The number of allylic oxidation sites excluding steroid dienone is 2. The predicted octanol–water partition coefficient (Wildman–Crippen LogP) is 1.97. The van der Waals surface area contributed by atoms with E-state index >= 15 is 0 Å². The molecule has 1 saturated carbocycles. The zero-order chi connectivity index (χ0) is 11.4. The molecule has 2 heteroatoms. The van der Waals surface area contributed by atoms with Gasteiger partial charge in [-0.3, -0.25) is 0 Å². The second-order valence-electron chi connectivity index (χ2n) is 6.30. The molecular formula is C13H22O2. The number of hydrogen-bond donors (Lipinski definition) is 2. The van der Waals surface area contributed by atoms with Gasteiger partial charge in [0.15, 0.2) is 0 Å². The van der Waals surface area contributed by atoms with Crippen LogP contribution in [-0.4, -0.2) is 21.4 Å². The quantitative estimate of drug-likeness (QED) is 0.684. The van der Waals surface area contributed by atoms with E-state index in [0.29, 0.717) is 17.8 Å². The van der Waals surface area contributed by atoms with Gasteiger partial charge in [0.1, 0.15) is 0 Å². The molecule has 0 radical (unpaired) electrons. The van der Waals surface area contributed by atoms with Crippen LogP contribution in [0.25, 0.3) is 0 Å². The van der Waals surface area contributed by atoms with Crippen LogP contribution in [0.4, 0.5) is 0 Å². The van der Waals surface area contributed by atoms with Crippen molar-refractivity contribution in [1.29, 1.82) is 0 Å². The first-order valence-corrected chi connectivity index (χ1v) is 5.84. The molecule has 0 aromatic carbocycles. The number of aliphatic hydroxyl groups is 2. The molecule has 0 aliphatic heterocycles. The van der Waals surface area contributed by atoms with Gasteiger partial charge in [0.05, 0.1) is 11.2 Å². The summed E-state index contributed by atoms with van der Waals surface area (Å²) in [6, 6.07) is 0.